The Morgan fingerprint density at radius 3 is 2.79 bits per heavy atom. The number of hydrogen-bond acceptors (Lipinski definition) is 4. The number of carbonyl (C=O) groups excluding carboxylic acids is 1. The van der Waals surface area contributed by atoms with Crippen molar-refractivity contribution in [3.63, 3.8) is 0 Å². The SMILES string of the molecule is CCN(CC(=O)NC1CCOCC1)CC1CCCN1. The number of likely N-dealkylation sites (N-methyl/N-ethyl adjacent to an activating group) is 1. The lowest BCUT2D eigenvalue weighted by Crippen LogP contribution is -2.46. The fourth-order valence-corrected chi connectivity index (χ4v) is 2.85. The van der Waals surface area contributed by atoms with E-state index in [1.165, 1.54) is 12.8 Å². The lowest BCUT2D eigenvalue weighted by molar-refractivity contribution is -0.123. The number of nitrogens with zero attached hydrogens (tertiary/aromatic N) is 1. The van der Waals surface area contributed by atoms with Crippen molar-refractivity contribution in [2.24, 2.45) is 0 Å². The number of carbonyl (C=O) groups is 1. The maximum Gasteiger partial charge on any atom is 0.234 e. The van der Waals surface area contributed by atoms with E-state index in [0.29, 0.717) is 18.6 Å². The third kappa shape index (κ3) is 5.09. The molecule has 0 spiro atoms. The monoisotopic (exact) mass is 269 g/mol. The van der Waals surface area contributed by atoms with Crippen molar-refractivity contribution >= 4 is 5.91 Å². The highest BCUT2D eigenvalue weighted by Crippen LogP contribution is 2.08. The Labute approximate surface area is 116 Å². The minimum atomic E-state index is 0.159. The minimum absolute atomic E-state index is 0.159. The molecule has 5 heteroatoms. The third-order valence-electron chi connectivity index (χ3n) is 4.04. The second-order valence-corrected chi connectivity index (χ2v) is 5.58. The molecule has 2 heterocycles. The summed E-state index contributed by atoms with van der Waals surface area (Å²) in [6.45, 7) is 7.22. The van der Waals surface area contributed by atoms with E-state index in [-0.39, 0.29) is 5.91 Å². The average Bonchev–Trinajstić information content (AvgIpc) is 2.92. The molecular weight excluding hydrogens is 242 g/mol. The average molecular weight is 269 g/mol. The van der Waals surface area contributed by atoms with Crippen LogP contribution in [0, 0.1) is 0 Å². The van der Waals surface area contributed by atoms with Crippen LogP contribution in [0.1, 0.15) is 32.6 Å². The van der Waals surface area contributed by atoms with Crippen molar-refractivity contribution in [3.8, 4) is 0 Å². The molecule has 5 nitrogen and oxygen atoms in total. The van der Waals surface area contributed by atoms with E-state index >= 15 is 0 Å². The molecule has 2 N–H and O–H groups in total. The zero-order valence-electron chi connectivity index (χ0n) is 12.0. The number of nitrogens with one attached hydrogen (secondary N) is 2. The van der Waals surface area contributed by atoms with Gasteiger partial charge in [-0.25, -0.2) is 0 Å². The summed E-state index contributed by atoms with van der Waals surface area (Å²) in [4.78, 5) is 14.3. The van der Waals surface area contributed by atoms with Crippen LogP contribution in [0.3, 0.4) is 0 Å². The van der Waals surface area contributed by atoms with Gasteiger partial charge in [0.15, 0.2) is 0 Å². The molecule has 1 amide bonds. The summed E-state index contributed by atoms with van der Waals surface area (Å²) in [5.74, 6) is 0.159. The molecule has 110 valence electrons. The number of hydrogen-bond donors (Lipinski definition) is 2. The van der Waals surface area contributed by atoms with E-state index in [4.69, 9.17) is 4.74 Å². The maximum atomic E-state index is 12.0. The number of rotatable bonds is 6. The Kier molecular flexibility index (Phi) is 6.07. The van der Waals surface area contributed by atoms with Crippen LogP contribution >= 0.6 is 0 Å². The van der Waals surface area contributed by atoms with Crippen molar-refractivity contribution in [3.05, 3.63) is 0 Å². The molecule has 0 saturated carbocycles. The predicted molar refractivity (Wildman–Crippen MR) is 75.1 cm³/mol. The standard InChI is InChI=1S/C14H27N3O2/c1-2-17(10-13-4-3-7-15-13)11-14(18)16-12-5-8-19-9-6-12/h12-13,15H,2-11H2,1H3,(H,16,18). The van der Waals surface area contributed by atoms with E-state index < -0.39 is 0 Å². The van der Waals surface area contributed by atoms with Gasteiger partial charge in [0.2, 0.25) is 5.91 Å². The molecule has 2 rings (SSSR count). The molecule has 2 aliphatic heterocycles. The Balaban J connectivity index is 1.68. The lowest BCUT2D eigenvalue weighted by Gasteiger charge is -2.27. The molecule has 0 aromatic carbocycles. The normalized spacial score (nSPS) is 24.8. The summed E-state index contributed by atoms with van der Waals surface area (Å²) in [6.07, 6.45) is 4.39. The van der Waals surface area contributed by atoms with Gasteiger partial charge in [-0.05, 0) is 38.8 Å². The van der Waals surface area contributed by atoms with Gasteiger partial charge in [-0.1, -0.05) is 6.92 Å². The van der Waals surface area contributed by atoms with Gasteiger partial charge >= 0.3 is 0 Å². The molecule has 0 radical (unpaired) electrons. The van der Waals surface area contributed by atoms with Crippen molar-refractivity contribution in [1.82, 2.24) is 15.5 Å². The van der Waals surface area contributed by atoms with Crippen LogP contribution in [0.15, 0.2) is 0 Å². The second-order valence-electron chi connectivity index (χ2n) is 5.58. The van der Waals surface area contributed by atoms with Crippen molar-refractivity contribution in [1.29, 1.82) is 0 Å². The van der Waals surface area contributed by atoms with Crippen LogP contribution in [0.2, 0.25) is 0 Å². The number of ether oxygens (including phenoxy) is 1. The van der Waals surface area contributed by atoms with E-state index in [1.54, 1.807) is 0 Å². The van der Waals surface area contributed by atoms with Gasteiger partial charge in [0.05, 0.1) is 6.54 Å². The van der Waals surface area contributed by atoms with Crippen molar-refractivity contribution in [2.45, 2.75) is 44.7 Å². The van der Waals surface area contributed by atoms with Crippen LogP contribution in [0.4, 0.5) is 0 Å². The quantitative estimate of drug-likeness (QED) is 0.731. The van der Waals surface area contributed by atoms with Crippen LogP contribution in [0.25, 0.3) is 0 Å². The molecule has 1 unspecified atom stereocenters. The van der Waals surface area contributed by atoms with Gasteiger partial charge in [0.25, 0.3) is 0 Å². The largest absolute Gasteiger partial charge is 0.381 e. The van der Waals surface area contributed by atoms with Gasteiger partial charge < -0.3 is 15.4 Å². The van der Waals surface area contributed by atoms with Gasteiger partial charge in [0, 0.05) is 31.8 Å². The van der Waals surface area contributed by atoms with E-state index in [1.807, 2.05) is 0 Å². The van der Waals surface area contributed by atoms with E-state index in [2.05, 4.69) is 22.5 Å². The highest BCUT2D eigenvalue weighted by molar-refractivity contribution is 5.78. The van der Waals surface area contributed by atoms with Crippen molar-refractivity contribution < 1.29 is 9.53 Å². The molecule has 2 aliphatic rings. The topological polar surface area (TPSA) is 53.6 Å². The summed E-state index contributed by atoms with van der Waals surface area (Å²) in [6, 6.07) is 0.875. The van der Waals surface area contributed by atoms with E-state index in [9.17, 15) is 4.79 Å². The summed E-state index contributed by atoms with van der Waals surface area (Å²) < 4.78 is 5.30. The molecule has 0 aromatic heterocycles. The van der Waals surface area contributed by atoms with Crippen LogP contribution in [-0.4, -0.2) is 62.3 Å². The lowest BCUT2D eigenvalue weighted by atomic mass is 10.1. The number of amides is 1. The molecule has 2 saturated heterocycles. The molecule has 0 aliphatic carbocycles. The van der Waals surface area contributed by atoms with Crippen LogP contribution in [-0.2, 0) is 9.53 Å². The minimum Gasteiger partial charge on any atom is -0.381 e. The first kappa shape index (κ1) is 14.8. The Morgan fingerprint density at radius 2 is 2.16 bits per heavy atom. The zero-order valence-corrected chi connectivity index (χ0v) is 12.0. The highest BCUT2D eigenvalue weighted by Gasteiger charge is 2.20. The molecule has 0 aromatic rings. The van der Waals surface area contributed by atoms with Gasteiger partial charge in [-0.15, -0.1) is 0 Å². The van der Waals surface area contributed by atoms with Crippen molar-refractivity contribution in [2.75, 3.05) is 39.4 Å². The molecule has 0 bridgehead atoms. The van der Waals surface area contributed by atoms with Crippen LogP contribution in [0.5, 0.6) is 0 Å². The molecular formula is C14H27N3O2. The first-order valence-corrected chi connectivity index (χ1v) is 7.60. The third-order valence-corrected chi connectivity index (χ3v) is 4.04. The fourth-order valence-electron chi connectivity index (χ4n) is 2.85. The Bertz CT molecular complexity index is 274. The first-order chi connectivity index (χ1) is 9.28. The summed E-state index contributed by atoms with van der Waals surface area (Å²) in [7, 11) is 0. The summed E-state index contributed by atoms with van der Waals surface area (Å²) in [5.41, 5.74) is 0. The highest BCUT2D eigenvalue weighted by atomic mass is 16.5. The predicted octanol–water partition coefficient (Wildman–Crippen LogP) is 0.356. The maximum absolute atomic E-state index is 12.0. The summed E-state index contributed by atoms with van der Waals surface area (Å²) in [5, 5.41) is 6.61. The molecule has 1 atom stereocenters. The fraction of sp³-hybridized carbons (Fsp3) is 0.929. The molecule has 2 fully saturated rings. The van der Waals surface area contributed by atoms with Crippen LogP contribution < -0.4 is 10.6 Å². The Hall–Kier alpha value is -0.650. The Morgan fingerprint density at radius 1 is 1.37 bits per heavy atom. The zero-order chi connectivity index (χ0) is 13.5. The summed E-state index contributed by atoms with van der Waals surface area (Å²) >= 11 is 0. The van der Waals surface area contributed by atoms with Gasteiger partial charge in [-0.2, -0.15) is 0 Å². The van der Waals surface area contributed by atoms with Gasteiger partial charge in [0.1, 0.15) is 0 Å². The molecule has 19 heavy (non-hydrogen) atoms. The second kappa shape index (κ2) is 7.82. The van der Waals surface area contributed by atoms with Gasteiger partial charge in [-0.3, -0.25) is 9.69 Å². The first-order valence-electron chi connectivity index (χ1n) is 7.60. The smallest absolute Gasteiger partial charge is 0.234 e. The van der Waals surface area contributed by atoms with E-state index in [0.717, 1.165) is 45.7 Å².